The van der Waals surface area contributed by atoms with Gasteiger partial charge in [0.25, 0.3) is 5.91 Å². The Morgan fingerprint density at radius 3 is 2.42 bits per heavy atom. The molecule has 2 aromatic carbocycles. The maximum atomic E-state index is 13.6. The lowest BCUT2D eigenvalue weighted by Gasteiger charge is -2.10. The average molecular weight is 474 g/mol. The van der Waals surface area contributed by atoms with E-state index in [0.29, 0.717) is 54.2 Å². The van der Waals surface area contributed by atoms with E-state index in [1.54, 1.807) is 5.38 Å². The second kappa shape index (κ2) is 11.4. The summed E-state index contributed by atoms with van der Waals surface area (Å²) in [5, 5.41) is 4.80. The molecule has 33 heavy (non-hydrogen) atoms. The van der Waals surface area contributed by atoms with E-state index in [1.165, 1.54) is 47.7 Å². The van der Waals surface area contributed by atoms with Crippen molar-refractivity contribution in [1.82, 2.24) is 10.3 Å². The van der Waals surface area contributed by atoms with Crippen LogP contribution in [0.4, 0.5) is 19.0 Å². The highest BCUT2D eigenvalue weighted by atomic mass is 32.1. The lowest BCUT2D eigenvalue weighted by molar-refractivity contribution is -0.115. The van der Waals surface area contributed by atoms with Gasteiger partial charge in [0, 0.05) is 23.9 Å². The molecule has 0 aliphatic rings. The summed E-state index contributed by atoms with van der Waals surface area (Å²) in [5.41, 5.74) is 6.45. The number of halogens is 3. The van der Waals surface area contributed by atoms with Crippen molar-refractivity contribution >= 4 is 40.5 Å². The van der Waals surface area contributed by atoms with E-state index >= 15 is 0 Å². The monoisotopic (exact) mass is 473 g/mol. The molecule has 0 radical (unpaired) electrons. The molecule has 0 saturated heterocycles. The summed E-state index contributed by atoms with van der Waals surface area (Å²) in [7, 11) is 0. The lowest BCUT2D eigenvalue weighted by Crippen LogP contribution is -2.25. The first kappa shape index (κ1) is 24.2. The molecule has 0 unspecified atom stereocenters. The first-order valence-corrected chi connectivity index (χ1v) is 11.2. The number of nitrogen functional groups attached to an aromatic ring is 1. The first-order valence-electron chi connectivity index (χ1n) is 10.3. The molecule has 0 spiro atoms. The number of Topliss-reactive ketones (excluding diaryl/α,β-unsaturated/α-hetero) is 1. The van der Waals surface area contributed by atoms with Gasteiger partial charge in [0.15, 0.2) is 22.4 Å². The molecule has 1 amide bonds. The number of aromatic nitrogens is 1. The normalized spacial score (nSPS) is 11.4. The second-order valence-electron chi connectivity index (χ2n) is 7.31. The van der Waals surface area contributed by atoms with Gasteiger partial charge in [-0.1, -0.05) is 24.6 Å². The Labute approximate surface area is 193 Å². The van der Waals surface area contributed by atoms with Crippen LogP contribution in [0.1, 0.15) is 46.6 Å². The first-order chi connectivity index (χ1) is 15.8. The average Bonchev–Trinajstić information content (AvgIpc) is 3.23. The molecule has 0 atom stereocenters. The minimum atomic E-state index is -1.03. The minimum Gasteiger partial charge on any atom is -0.383 e. The third-order valence-corrected chi connectivity index (χ3v) is 5.68. The predicted octanol–water partition coefficient (Wildman–Crippen LogP) is 5.24. The molecule has 0 bridgehead atoms. The van der Waals surface area contributed by atoms with Crippen LogP contribution in [0.2, 0.25) is 0 Å². The maximum absolute atomic E-state index is 13.6. The Morgan fingerprint density at radius 1 is 1.00 bits per heavy atom. The van der Waals surface area contributed by atoms with Gasteiger partial charge in [0.2, 0.25) is 0 Å². The highest BCUT2D eigenvalue weighted by Gasteiger charge is 2.14. The molecule has 1 aromatic heterocycles. The van der Waals surface area contributed by atoms with Crippen molar-refractivity contribution in [1.29, 1.82) is 0 Å². The number of carbonyl (C=O) groups is 2. The minimum absolute atomic E-state index is 0.0613. The van der Waals surface area contributed by atoms with Crippen molar-refractivity contribution in [3.05, 3.63) is 81.4 Å². The molecule has 0 saturated carbocycles. The lowest BCUT2D eigenvalue weighted by atomic mass is 10.0. The van der Waals surface area contributed by atoms with E-state index in [9.17, 15) is 22.8 Å². The third kappa shape index (κ3) is 7.01. The number of thiazole rings is 1. The SMILES string of the molecule is Nc1csc(C(=O)CCCCCNC(=O)/C(=C\c2ccc(F)c(F)c2)c2ccc(F)cc2)n1. The van der Waals surface area contributed by atoms with E-state index in [2.05, 4.69) is 10.3 Å². The van der Waals surface area contributed by atoms with Crippen molar-refractivity contribution < 1.29 is 22.8 Å². The number of rotatable bonds is 10. The fourth-order valence-corrected chi connectivity index (χ4v) is 3.76. The van der Waals surface area contributed by atoms with Crippen molar-refractivity contribution in [3.63, 3.8) is 0 Å². The second-order valence-corrected chi connectivity index (χ2v) is 8.16. The number of ketones is 1. The Morgan fingerprint density at radius 2 is 1.76 bits per heavy atom. The molecule has 0 aliphatic heterocycles. The van der Waals surface area contributed by atoms with E-state index < -0.39 is 23.4 Å². The number of benzene rings is 2. The number of hydrogen-bond donors (Lipinski definition) is 2. The number of nitrogens with two attached hydrogens (primary N) is 1. The number of amides is 1. The smallest absolute Gasteiger partial charge is 0.251 e. The Bertz CT molecular complexity index is 1160. The molecule has 9 heteroatoms. The number of carbonyl (C=O) groups excluding carboxylic acids is 2. The van der Waals surface area contributed by atoms with Crippen LogP contribution in [0.5, 0.6) is 0 Å². The van der Waals surface area contributed by atoms with Crippen LogP contribution in [0.15, 0.2) is 47.8 Å². The molecule has 3 rings (SSSR count). The van der Waals surface area contributed by atoms with Gasteiger partial charge in [-0.25, -0.2) is 18.2 Å². The van der Waals surface area contributed by atoms with Crippen molar-refractivity contribution in [3.8, 4) is 0 Å². The predicted molar refractivity (Wildman–Crippen MR) is 123 cm³/mol. The summed E-state index contributed by atoms with van der Waals surface area (Å²) in [5.74, 6) is -2.63. The molecule has 0 aliphatic carbocycles. The quantitative estimate of drug-likeness (QED) is 0.182. The summed E-state index contributed by atoms with van der Waals surface area (Å²) in [6.45, 7) is 0.355. The van der Waals surface area contributed by atoms with Crippen LogP contribution in [0.25, 0.3) is 11.6 Å². The van der Waals surface area contributed by atoms with Crippen LogP contribution in [-0.4, -0.2) is 23.2 Å². The highest BCUT2D eigenvalue weighted by Crippen LogP contribution is 2.21. The Balaban J connectivity index is 1.57. The molecule has 3 aromatic rings. The summed E-state index contributed by atoms with van der Waals surface area (Å²) in [6.07, 6.45) is 3.76. The van der Waals surface area contributed by atoms with Crippen LogP contribution in [0, 0.1) is 17.5 Å². The fourth-order valence-electron chi connectivity index (χ4n) is 3.08. The van der Waals surface area contributed by atoms with E-state index in [0.717, 1.165) is 12.1 Å². The van der Waals surface area contributed by atoms with Crippen molar-refractivity contribution in [2.24, 2.45) is 0 Å². The summed E-state index contributed by atoms with van der Waals surface area (Å²) in [6, 6.07) is 8.63. The molecule has 0 fully saturated rings. The molecule has 5 nitrogen and oxygen atoms in total. The fraction of sp³-hybridized carbons (Fsp3) is 0.208. The van der Waals surface area contributed by atoms with Gasteiger partial charge in [0.1, 0.15) is 11.6 Å². The summed E-state index contributed by atoms with van der Waals surface area (Å²) < 4.78 is 40.1. The van der Waals surface area contributed by atoms with Crippen LogP contribution < -0.4 is 11.1 Å². The van der Waals surface area contributed by atoms with Gasteiger partial charge < -0.3 is 11.1 Å². The number of anilines is 1. The van der Waals surface area contributed by atoms with E-state index in [-0.39, 0.29) is 11.4 Å². The number of nitrogens with zero attached hydrogens (tertiary/aromatic N) is 1. The zero-order chi connectivity index (χ0) is 23.8. The molecule has 3 N–H and O–H groups in total. The Kier molecular flexibility index (Phi) is 8.37. The van der Waals surface area contributed by atoms with Crippen molar-refractivity contribution in [2.45, 2.75) is 25.7 Å². The molecular weight excluding hydrogens is 451 g/mol. The summed E-state index contributed by atoms with van der Waals surface area (Å²) in [4.78, 5) is 28.8. The van der Waals surface area contributed by atoms with Crippen LogP contribution in [0.3, 0.4) is 0 Å². The van der Waals surface area contributed by atoms with Gasteiger partial charge in [0.05, 0.1) is 0 Å². The van der Waals surface area contributed by atoms with Gasteiger partial charge in [-0.3, -0.25) is 9.59 Å². The van der Waals surface area contributed by atoms with Gasteiger partial charge in [-0.05, 0) is 54.3 Å². The van der Waals surface area contributed by atoms with Gasteiger partial charge in [-0.2, -0.15) is 0 Å². The maximum Gasteiger partial charge on any atom is 0.251 e. The molecular formula is C24H22F3N3O2S. The summed E-state index contributed by atoms with van der Waals surface area (Å²) >= 11 is 1.22. The number of nitrogens with one attached hydrogen (secondary N) is 1. The number of hydrogen-bond acceptors (Lipinski definition) is 5. The topological polar surface area (TPSA) is 85.1 Å². The van der Waals surface area contributed by atoms with Gasteiger partial charge in [-0.15, -0.1) is 11.3 Å². The van der Waals surface area contributed by atoms with E-state index in [4.69, 9.17) is 5.73 Å². The van der Waals surface area contributed by atoms with Gasteiger partial charge >= 0.3 is 0 Å². The molecule has 172 valence electrons. The zero-order valence-corrected chi connectivity index (χ0v) is 18.4. The number of unbranched alkanes of at least 4 members (excludes halogenated alkanes) is 2. The standard InChI is InChI=1S/C24H22F3N3O2S/c25-17-8-6-16(7-9-17)18(12-15-5-10-19(26)20(27)13-15)23(32)29-11-3-1-2-4-21(31)24-30-22(28)14-33-24/h5-10,12-14H,1-4,11,28H2,(H,29,32)/b18-12-. The van der Waals surface area contributed by atoms with Crippen LogP contribution >= 0.6 is 11.3 Å². The van der Waals surface area contributed by atoms with Crippen molar-refractivity contribution in [2.75, 3.05) is 12.3 Å². The van der Waals surface area contributed by atoms with Crippen LogP contribution in [-0.2, 0) is 4.79 Å². The zero-order valence-electron chi connectivity index (χ0n) is 17.6. The van der Waals surface area contributed by atoms with E-state index in [1.807, 2.05) is 0 Å². The highest BCUT2D eigenvalue weighted by molar-refractivity contribution is 7.12. The largest absolute Gasteiger partial charge is 0.383 e. The molecule has 1 heterocycles. The Hall–Kier alpha value is -3.46. The third-order valence-electron chi connectivity index (χ3n) is 4.78.